The van der Waals surface area contributed by atoms with Gasteiger partial charge in [0.1, 0.15) is 5.49 Å². The van der Waals surface area contributed by atoms with E-state index in [-0.39, 0.29) is 5.97 Å². The van der Waals surface area contributed by atoms with E-state index in [0.29, 0.717) is 23.6 Å². The first kappa shape index (κ1) is 19.6. The molecule has 0 saturated heterocycles. The molecular weight excluding hydrogens is 372 g/mol. The van der Waals surface area contributed by atoms with Crippen molar-refractivity contribution in [1.82, 2.24) is 3.96 Å². The van der Waals surface area contributed by atoms with Gasteiger partial charge in [-0.15, -0.1) is 0 Å². The van der Waals surface area contributed by atoms with E-state index in [4.69, 9.17) is 15.1 Å². The fourth-order valence-corrected chi connectivity index (χ4v) is 3.30. The number of aryl methyl sites for hydroxylation is 2. The molecule has 0 fully saturated rings. The molecule has 0 radical (unpaired) electrons. The highest BCUT2D eigenvalue weighted by molar-refractivity contribution is 7.07. The second-order valence-corrected chi connectivity index (χ2v) is 7.41. The number of carbonyl (C=O) groups excluding carboxylic acids is 1. The molecule has 0 bridgehead atoms. The van der Waals surface area contributed by atoms with Gasteiger partial charge in [0, 0.05) is 10.6 Å². The van der Waals surface area contributed by atoms with Crippen molar-refractivity contribution in [1.29, 1.82) is 5.41 Å². The molecule has 0 amide bonds. The maximum atomic E-state index is 11.8. The predicted octanol–water partition coefficient (Wildman–Crippen LogP) is 4.47. The molecule has 3 rings (SSSR count). The Morgan fingerprint density at radius 2 is 1.82 bits per heavy atom. The van der Waals surface area contributed by atoms with Crippen LogP contribution >= 0.6 is 11.5 Å². The summed E-state index contributed by atoms with van der Waals surface area (Å²) in [5, 5.41) is 11.5. The molecule has 0 aliphatic heterocycles. The average Bonchev–Trinajstić information content (AvgIpc) is 3.02. The molecule has 0 atom stereocenters. The summed E-state index contributed by atoms with van der Waals surface area (Å²) in [5.74, 6) is 0.176. The van der Waals surface area contributed by atoms with Crippen LogP contribution in [0.5, 0.6) is 0 Å². The number of nitrogens with zero attached hydrogens (tertiary/aromatic N) is 2. The molecule has 0 aliphatic carbocycles. The molecule has 6 nitrogen and oxygen atoms in total. The Morgan fingerprint density at radius 1 is 1.14 bits per heavy atom. The highest BCUT2D eigenvalue weighted by Gasteiger charge is 2.10. The highest BCUT2D eigenvalue weighted by atomic mass is 32.1. The van der Waals surface area contributed by atoms with Gasteiger partial charge in [0.25, 0.3) is 0 Å². The summed E-state index contributed by atoms with van der Waals surface area (Å²) in [5.41, 5.74) is 3.55. The Hall–Kier alpha value is -3.19. The van der Waals surface area contributed by atoms with Gasteiger partial charge in [0.05, 0.1) is 17.9 Å². The van der Waals surface area contributed by atoms with Crippen LogP contribution in [0.2, 0.25) is 0 Å². The van der Waals surface area contributed by atoms with Crippen molar-refractivity contribution in [3.8, 4) is 0 Å². The molecule has 28 heavy (non-hydrogen) atoms. The van der Waals surface area contributed by atoms with Crippen molar-refractivity contribution < 1.29 is 9.53 Å². The lowest BCUT2D eigenvalue weighted by atomic mass is 10.2. The molecule has 0 spiro atoms. The summed E-state index contributed by atoms with van der Waals surface area (Å²) >= 11 is 1.44. The zero-order chi connectivity index (χ0) is 20.1. The number of ether oxygens (including phenoxy) is 1. The number of aliphatic imine (C=N–C) groups is 1. The average molecular weight is 395 g/mol. The molecule has 0 saturated carbocycles. The molecule has 1 heterocycles. The van der Waals surface area contributed by atoms with Crippen molar-refractivity contribution >= 4 is 34.8 Å². The van der Waals surface area contributed by atoms with Crippen molar-refractivity contribution in [2.24, 2.45) is 4.99 Å². The standard InChI is InChI=1S/C21H22N4O2S/c1-4-27-20(26)16-7-11-18(12-8-16)24-21(25-19(22)13-15(3)28-25)23-17-9-5-14(2)6-10-17/h5-13,22H,4H2,1-3H3,(H,23,24). The summed E-state index contributed by atoms with van der Waals surface area (Å²) in [6, 6.07) is 16.7. The molecule has 2 N–H and O–H groups in total. The number of benzene rings is 2. The monoisotopic (exact) mass is 394 g/mol. The van der Waals surface area contributed by atoms with Gasteiger partial charge in [-0.2, -0.15) is 0 Å². The van der Waals surface area contributed by atoms with Gasteiger partial charge in [-0.1, -0.05) is 29.2 Å². The Morgan fingerprint density at radius 3 is 2.39 bits per heavy atom. The molecule has 0 aliphatic rings. The summed E-state index contributed by atoms with van der Waals surface area (Å²) in [4.78, 5) is 17.5. The Kier molecular flexibility index (Phi) is 6.06. The van der Waals surface area contributed by atoms with Gasteiger partial charge in [-0.25, -0.2) is 13.7 Å². The minimum absolute atomic E-state index is 0.340. The van der Waals surface area contributed by atoms with Crippen LogP contribution in [0, 0.1) is 19.3 Å². The van der Waals surface area contributed by atoms with Gasteiger partial charge in [0.15, 0.2) is 0 Å². The zero-order valence-electron chi connectivity index (χ0n) is 16.0. The summed E-state index contributed by atoms with van der Waals surface area (Å²) in [6.45, 7) is 6.10. The van der Waals surface area contributed by atoms with Crippen LogP contribution in [0.3, 0.4) is 0 Å². The number of rotatable bonds is 4. The summed E-state index contributed by atoms with van der Waals surface area (Å²) in [6.07, 6.45) is 0. The van der Waals surface area contributed by atoms with Crippen molar-refractivity contribution in [3.63, 3.8) is 0 Å². The fourth-order valence-electron chi connectivity index (χ4n) is 2.53. The molecular formula is C21H22N4O2S. The van der Waals surface area contributed by atoms with Crippen molar-refractivity contribution in [2.75, 3.05) is 11.9 Å². The topological polar surface area (TPSA) is 79.5 Å². The van der Waals surface area contributed by atoms with Gasteiger partial charge in [0.2, 0.25) is 5.96 Å². The van der Waals surface area contributed by atoms with E-state index in [0.717, 1.165) is 21.8 Å². The Labute approximate surface area is 167 Å². The van der Waals surface area contributed by atoms with Crippen LogP contribution in [0.4, 0.5) is 11.4 Å². The Balaban J connectivity index is 1.93. The summed E-state index contributed by atoms with van der Waals surface area (Å²) < 4.78 is 6.75. The minimum Gasteiger partial charge on any atom is -0.462 e. The van der Waals surface area contributed by atoms with E-state index in [2.05, 4.69) is 5.32 Å². The van der Waals surface area contributed by atoms with Crippen molar-refractivity contribution in [2.45, 2.75) is 20.8 Å². The molecule has 2 aromatic carbocycles. The number of nitrogens with one attached hydrogen (secondary N) is 2. The van der Waals surface area contributed by atoms with E-state index in [1.165, 1.54) is 11.5 Å². The van der Waals surface area contributed by atoms with E-state index in [1.807, 2.05) is 38.1 Å². The van der Waals surface area contributed by atoms with Crippen LogP contribution in [0.1, 0.15) is 27.7 Å². The normalized spacial score (nSPS) is 11.3. The van der Waals surface area contributed by atoms with Crippen LogP contribution in [0.15, 0.2) is 59.6 Å². The third-order valence-electron chi connectivity index (χ3n) is 3.91. The smallest absolute Gasteiger partial charge is 0.338 e. The number of esters is 1. The Bertz CT molecular complexity index is 1050. The second kappa shape index (κ2) is 8.67. The molecule has 1 aromatic heterocycles. The highest BCUT2D eigenvalue weighted by Crippen LogP contribution is 2.17. The molecule has 0 unspecified atom stereocenters. The third kappa shape index (κ3) is 4.75. The largest absolute Gasteiger partial charge is 0.462 e. The van der Waals surface area contributed by atoms with E-state index >= 15 is 0 Å². The minimum atomic E-state index is -0.348. The van der Waals surface area contributed by atoms with Crippen LogP contribution in [-0.2, 0) is 4.74 Å². The van der Waals surface area contributed by atoms with E-state index in [1.54, 1.807) is 41.2 Å². The third-order valence-corrected chi connectivity index (χ3v) is 4.87. The molecule has 144 valence electrons. The lowest BCUT2D eigenvalue weighted by molar-refractivity contribution is 0.0526. The quantitative estimate of drug-likeness (QED) is 0.389. The second-order valence-electron chi connectivity index (χ2n) is 6.22. The van der Waals surface area contributed by atoms with Crippen molar-refractivity contribution in [3.05, 3.63) is 76.1 Å². The predicted molar refractivity (Wildman–Crippen MR) is 113 cm³/mol. The lowest BCUT2D eigenvalue weighted by Crippen LogP contribution is -2.28. The van der Waals surface area contributed by atoms with Crippen LogP contribution < -0.4 is 10.8 Å². The summed E-state index contributed by atoms with van der Waals surface area (Å²) in [7, 11) is 0. The SMILES string of the molecule is CCOC(=O)c1ccc(NC(=Nc2ccc(C)cc2)n2sc(C)cc2=N)cc1. The maximum absolute atomic E-state index is 11.8. The zero-order valence-corrected chi connectivity index (χ0v) is 16.8. The molecule has 3 aromatic rings. The number of hydrogen-bond donors (Lipinski definition) is 2. The number of hydrogen-bond acceptors (Lipinski definition) is 5. The van der Waals surface area contributed by atoms with Crippen LogP contribution in [-0.4, -0.2) is 22.5 Å². The molecule has 7 heteroatoms. The number of anilines is 1. The van der Waals surface area contributed by atoms with Gasteiger partial charge >= 0.3 is 5.97 Å². The maximum Gasteiger partial charge on any atom is 0.338 e. The first-order valence-electron chi connectivity index (χ1n) is 8.91. The first-order valence-corrected chi connectivity index (χ1v) is 9.68. The number of carbonyl (C=O) groups is 1. The van der Waals surface area contributed by atoms with E-state index in [9.17, 15) is 4.79 Å². The first-order chi connectivity index (χ1) is 13.5. The van der Waals surface area contributed by atoms with E-state index < -0.39 is 0 Å². The van der Waals surface area contributed by atoms with Crippen LogP contribution in [0.25, 0.3) is 0 Å². The van der Waals surface area contributed by atoms with Gasteiger partial charge in [-0.05, 0) is 63.2 Å². The van der Waals surface area contributed by atoms with Gasteiger partial charge < -0.3 is 10.1 Å². The fraction of sp³-hybridized carbons (Fsp3) is 0.190. The number of aromatic nitrogens is 1. The van der Waals surface area contributed by atoms with Gasteiger partial charge in [-0.3, -0.25) is 5.41 Å². The lowest BCUT2D eigenvalue weighted by Gasteiger charge is -2.11.